The van der Waals surface area contributed by atoms with Crippen molar-refractivity contribution in [3.63, 3.8) is 0 Å². The highest BCUT2D eigenvalue weighted by molar-refractivity contribution is 5.85. The maximum absolute atomic E-state index is 12.5. The van der Waals surface area contributed by atoms with E-state index < -0.39 is 0 Å². The zero-order valence-corrected chi connectivity index (χ0v) is 14.4. The fraction of sp³-hybridized carbons (Fsp3) is 0.300. The number of nitrogens with zero attached hydrogens (tertiary/aromatic N) is 2. The quantitative estimate of drug-likeness (QED) is 0.881. The van der Waals surface area contributed by atoms with Gasteiger partial charge < -0.3 is 15.1 Å². The van der Waals surface area contributed by atoms with Crippen LogP contribution >= 0.6 is 0 Å². The number of nitrogens with one attached hydrogen (secondary N) is 1. The molecule has 0 aromatic heterocycles. The van der Waals surface area contributed by atoms with Crippen LogP contribution in [0, 0.1) is 0 Å². The largest absolute Gasteiger partial charge is 0.348 e. The molecule has 1 aliphatic heterocycles. The molecular formula is C20H23N3O2. The molecule has 1 atom stereocenters. The number of hydrogen-bond acceptors (Lipinski definition) is 2. The smallest absolute Gasteiger partial charge is 0.320 e. The molecule has 0 radical (unpaired) electrons. The van der Waals surface area contributed by atoms with Crippen LogP contribution in [0.1, 0.15) is 24.1 Å². The van der Waals surface area contributed by atoms with Crippen molar-refractivity contribution in [3.8, 4) is 0 Å². The Morgan fingerprint density at radius 1 is 1.00 bits per heavy atom. The summed E-state index contributed by atoms with van der Waals surface area (Å²) in [5.41, 5.74) is 2.15. The van der Waals surface area contributed by atoms with Crippen molar-refractivity contribution in [2.24, 2.45) is 0 Å². The standard InChI is InChI=1S/C20H23N3O2/c1-16(18-10-6-3-7-11-18)21-19(24)15-23-13-12-22(20(23)25)14-17-8-4-2-5-9-17/h2-11,16H,12-15H2,1H3,(H,21,24). The second-order valence-corrected chi connectivity index (χ2v) is 6.31. The lowest BCUT2D eigenvalue weighted by molar-refractivity contribution is -0.122. The lowest BCUT2D eigenvalue weighted by atomic mass is 10.1. The molecule has 2 aromatic carbocycles. The predicted octanol–water partition coefficient (Wildman–Crippen LogP) is 2.80. The number of carbonyl (C=O) groups is 2. The van der Waals surface area contributed by atoms with E-state index in [2.05, 4.69) is 5.32 Å². The molecule has 1 saturated heterocycles. The minimum atomic E-state index is -0.133. The fourth-order valence-corrected chi connectivity index (χ4v) is 3.02. The first-order valence-electron chi connectivity index (χ1n) is 8.55. The van der Waals surface area contributed by atoms with Gasteiger partial charge in [0.1, 0.15) is 6.54 Å². The Hall–Kier alpha value is -2.82. The normalized spacial score (nSPS) is 15.3. The lowest BCUT2D eigenvalue weighted by Gasteiger charge is -2.20. The van der Waals surface area contributed by atoms with Crippen molar-refractivity contribution in [1.29, 1.82) is 0 Å². The molecule has 5 nitrogen and oxygen atoms in total. The summed E-state index contributed by atoms with van der Waals surface area (Å²) in [7, 11) is 0. The van der Waals surface area contributed by atoms with Gasteiger partial charge in [-0.2, -0.15) is 0 Å². The molecule has 1 aliphatic rings. The van der Waals surface area contributed by atoms with E-state index in [1.807, 2.05) is 67.6 Å². The van der Waals surface area contributed by atoms with E-state index >= 15 is 0 Å². The maximum Gasteiger partial charge on any atom is 0.320 e. The van der Waals surface area contributed by atoms with Crippen LogP contribution in [0.25, 0.3) is 0 Å². The van der Waals surface area contributed by atoms with Crippen LogP contribution in [0.5, 0.6) is 0 Å². The molecule has 1 N–H and O–H groups in total. The van der Waals surface area contributed by atoms with Crippen LogP contribution in [-0.2, 0) is 11.3 Å². The van der Waals surface area contributed by atoms with Gasteiger partial charge in [-0.3, -0.25) is 4.79 Å². The van der Waals surface area contributed by atoms with Gasteiger partial charge in [-0.05, 0) is 18.1 Å². The Balaban J connectivity index is 1.51. The summed E-state index contributed by atoms with van der Waals surface area (Å²) in [4.78, 5) is 28.1. The Bertz CT molecular complexity index is 718. The van der Waals surface area contributed by atoms with E-state index in [4.69, 9.17) is 0 Å². The molecular weight excluding hydrogens is 314 g/mol. The summed E-state index contributed by atoms with van der Waals surface area (Å²) in [5, 5.41) is 2.96. The van der Waals surface area contributed by atoms with Crippen molar-refractivity contribution in [2.75, 3.05) is 19.6 Å². The summed E-state index contributed by atoms with van der Waals surface area (Å²) < 4.78 is 0. The average molecular weight is 337 g/mol. The van der Waals surface area contributed by atoms with Crippen LogP contribution in [0.15, 0.2) is 60.7 Å². The molecule has 5 heteroatoms. The SMILES string of the molecule is CC(NC(=O)CN1CCN(Cc2ccccc2)C1=O)c1ccccc1. The minimum Gasteiger partial charge on any atom is -0.348 e. The molecule has 1 unspecified atom stereocenters. The topological polar surface area (TPSA) is 52.7 Å². The Kier molecular flexibility index (Phi) is 5.33. The highest BCUT2D eigenvalue weighted by atomic mass is 16.2. The van der Waals surface area contributed by atoms with Crippen molar-refractivity contribution in [2.45, 2.75) is 19.5 Å². The third-order valence-corrected chi connectivity index (χ3v) is 4.41. The Morgan fingerprint density at radius 2 is 1.60 bits per heavy atom. The highest BCUT2D eigenvalue weighted by Crippen LogP contribution is 2.14. The lowest BCUT2D eigenvalue weighted by Crippen LogP contribution is -2.40. The third-order valence-electron chi connectivity index (χ3n) is 4.41. The number of hydrogen-bond donors (Lipinski definition) is 1. The van der Waals surface area contributed by atoms with E-state index in [1.165, 1.54) is 0 Å². The van der Waals surface area contributed by atoms with Gasteiger partial charge in [0.05, 0.1) is 6.04 Å². The zero-order chi connectivity index (χ0) is 17.6. The first kappa shape index (κ1) is 17.0. The molecule has 1 fully saturated rings. The summed E-state index contributed by atoms with van der Waals surface area (Å²) in [6.07, 6.45) is 0. The summed E-state index contributed by atoms with van der Waals surface area (Å²) in [6.45, 7) is 3.86. The summed E-state index contributed by atoms with van der Waals surface area (Å²) in [6, 6.07) is 19.5. The van der Waals surface area contributed by atoms with Gasteiger partial charge in [0.2, 0.25) is 5.91 Å². The Labute approximate surface area is 148 Å². The van der Waals surface area contributed by atoms with E-state index in [0.29, 0.717) is 19.6 Å². The number of amides is 3. The zero-order valence-electron chi connectivity index (χ0n) is 14.4. The van der Waals surface area contributed by atoms with E-state index in [-0.39, 0.29) is 24.5 Å². The number of benzene rings is 2. The number of carbonyl (C=O) groups excluding carboxylic acids is 2. The van der Waals surface area contributed by atoms with Gasteiger partial charge in [-0.15, -0.1) is 0 Å². The van der Waals surface area contributed by atoms with E-state index in [9.17, 15) is 9.59 Å². The van der Waals surface area contributed by atoms with Gasteiger partial charge >= 0.3 is 6.03 Å². The van der Waals surface area contributed by atoms with E-state index in [1.54, 1.807) is 9.80 Å². The van der Waals surface area contributed by atoms with Crippen molar-refractivity contribution in [1.82, 2.24) is 15.1 Å². The summed E-state index contributed by atoms with van der Waals surface area (Å²) in [5.74, 6) is -0.133. The Morgan fingerprint density at radius 3 is 2.28 bits per heavy atom. The fourth-order valence-electron chi connectivity index (χ4n) is 3.02. The van der Waals surface area contributed by atoms with Crippen molar-refractivity contribution < 1.29 is 9.59 Å². The van der Waals surface area contributed by atoms with Gasteiger partial charge in [-0.1, -0.05) is 60.7 Å². The third kappa shape index (κ3) is 4.38. The van der Waals surface area contributed by atoms with Crippen LogP contribution in [0.2, 0.25) is 0 Å². The van der Waals surface area contributed by atoms with Gasteiger partial charge in [0.25, 0.3) is 0 Å². The number of urea groups is 1. The number of rotatable bonds is 6. The second kappa shape index (κ2) is 7.83. The molecule has 0 saturated carbocycles. The molecule has 3 rings (SSSR count). The first-order valence-corrected chi connectivity index (χ1v) is 8.55. The molecule has 1 heterocycles. The molecule has 0 bridgehead atoms. The monoisotopic (exact) mass is 337 g/mol. The van der Waals surface area contributed by atoms with Crippen molar-refractivity contribution in [3.05, 3.63) is 71.8 Å². The molecule has 25 heavy (non-hydrogen) atoms. The second-order valence-electron chi connectivity index (χ2n) is 6.31. The maximum atomic E-state index is 12.5. The first-order chi connectivity index (χ1) is 12.1. The molecule has 3 amide bonds. The highest BCUT2D eigenvalue weighted by Gasteiger charge is 2.29. The molecule has 0 spiro atoms. The molecule has 130 valence electrons. The predicted molar refractivity (Wildman–Crippen MR) is 96.8 cm³/mol. The van der Waals surface area contributed by atoms with Crippen molar-refractivity contribution >= 4 is 11.9 Å². The van der Waals surface area contributed by atoms with Crippen LogP contribution in [-0.4, -0.2) is 41.4 Å². The van der Waals surface area contributed by atoms with Crippen LogP contribution < -0.4 is 5.32 Å². The van der Waals surface area contributed by atoms with Gasteiger partial charge in [-0.25, -0.2) is 4.79 Å². The molecule has 0 aliphatic carbocycles. The summed E-state index contributed by atoms with van der Waals surface area (Å²) >= 11 is 0. The van der Waals surface area contributed by atoms with Gasteiger partial charge in [0.15, 0.2) is 0 Å². The van der Waals surface area contributed by atoms with Crippen LogP contribution in [0.3, 0.4) is 0 Å². The molecule has 2 aromatic rings. The minimum absolute atomic E-state index is 0.0770. The average Bonchev–Trinajstić information content (AvgIpc) is 2.96. The van der Waals surface area contributed by atoms with Gasteiger partial charge in [0, 0.05) is 19.6 Å². The van der Waals surface area contributed by atoms with E-state index in [0.717, 1.165) is 11.1 Å². The van der Waals surface area contributed by atoms with Crippen LogP contribution in [0.4, 0.5) is 4.79 Å².